The minimum atomic E-state index is 0.426. The first-order valence-corrected chi connectivity index (χ1v) is 6.62. The third-order valence-corrected chi connectivity index (χ3v) is 3.16. The lowest BCUT2D eigenvalue weighted by atomic mass is 10.0. The standard InChI is InChI=1S/C15H18N4/c1-4-5-15-14(10-16)17-18-19(15)13-8-6-12(7-9-13)11(2)3/h6-9,11H,4-5H2,1-3H3. The summed E-state index contributed by atoms with van der Waals surface area (Å²) in [5, 5.41) is 17.1. The summed E-state index contributed by atoms with van der Waals surface area (Å²) in [7, 11) is 0. The molecular weight excluding hydrogens is 236 g/mol. The van der Waals surface area contributed by atoms with E-state index in [1.807, 2.05) is 12.1 Å². The lowest BCUT2D eigenvalue weighted by Crippen LogP contribution is -2.03. The molecule has 0 bridgehead atoms. The van der Waals surface area contributed by atoms with Crippen molar-refractivity contribution >= 4 is 0 Å². The third kappa shape index (κ3) is 2.65. The van der Waals surface area contributed by atoms with Crippen molar-refractivity contribution in [3.63, 3.8) is 0 Å². The molecule has 2 rings (SSSR count). The van der Waals surface area contributed by atoms with Crippen LogP contribution in [0.5, 0.6) is 0 Å². The van der Waals surface area contributed by atoms with E-state index in [4.69, 9.17) is 5.26 Å². The molecule has 0 aliphatic heterocycles. The molecule has 98 valence electrons. The minimum absolute atomic E-state index is 0.426. The maximum Gasteiger partial charge on any atom is 0.186 e. The van der Waals surface area contributed by atoms with Gasteiger partial charge in [0.25, 0.3) is 0 Å². The number of rotatable bonds is 4. The quantitative estimate of drug-likeness (QED) is 0.841. The van der Waals surface area contributed by atoms with Crippen LogP contribution >= 0.6 is 0 Å². The van der Waals surface area contributed by atoms with Crippen LogP contribution in [0.1, 0.15) is 50.1 Å². The van der Waals surface area contributed by atoms with Gasteiger partial charge < -0.3 is 0 Å². The maximum absolute atomic E-state index is 9.06. The van der Waals surface area contributed by atoms with Crippen LogP contribution in [-0.4, -0.2) is 15.0 Å². The fourth-order valence-electron chi connectivity index (χ4n) is 2.06. The Morgan fingerprint density at radius 2 is 1.95 bits per heavy atom. The van der Waals surface area contributed by atoms with Crippen LogP contribution in [0.2, 0.25) is 0 Å². The molecule has 19 heavy (non-hydrogen) atoms. The van der Waals surface area contributed by atoms with Crippen molar-refractivity contribution in [2.45, 2.75) is 39.5 Å². The molecule has 1 aromatic carbocycles. The van der Waals surface area contributed by atoms with Crippen molar-refractivity contribution in [1.82, 2.24) is 15.0 Å². The van der Waals surface area contributed by atoms with Gasteiger partial charge in [-0.3, -0.25) is 0 Å². The molecule has 0 atom stereocenters. The first-order chi connectivity index (χ1) is 9.17. The summed E-state index contributed by atoms with van der Waals surface area (Å²) in [5.74, 6) is 0.509. The fraction of sp³-hybridized carbons (Fsp3) is 0.400. The van der Waals surface area contributed by atoms with Gasteiger partial charge in [0.15, 0.2) is 5.69 Å². The van der Waals surface area contributed by atoms with E-state index in [2.05, 4.69) is 49.3 Å². The van der Waals surface area contributed by atoms with Gasteiger partial charge in [-0.2, -0.15) is 5.26 Å². The molecule has 4 nitrogen and oxygen atoms in total. The first-order valence-electron chi connectivity index (χ1n) is 6.62. The Kier molecular flexibility index (Phi) is 3.96. The second-order valence-corrected chi connectivity index (χ2v) is 4.90. The van der Waals surface area contributed by atoms with Gasteiger partial charge in [0, 0.05) is 0 Å². The van der Waals surface area contributed by atoms with E-state index in [0.29, 0.717) is 11.6 Å². The Bertz CT molecular complexity index is 588. The van der Waals surface area contributed by atoms with Gasteiger partial charge in [0.05, 0.1) is 11.4 Å². The van der Waals surface area contributed by atoms with Crippen LogP contribution < -0.4 is 0 Å². The summed E-state index contributed by atoms with van der Waals surface area (Å²) in [4.78, 5) is 0. The predicted molar refractivity (Wildman–Crippen MR) is 74.2 cm³/mol. The number of aromatic nitrogens is 3. The highest BCUT2D eigenvalue weighted by Crippen LogP contribution is 2.18. The average Bonchev–Trinajstić information content (AvgIpc) is 2.82. The maximum atomic E-state index is 9.06. The number of benzene rings is 1. The van der Waals surface area contributed by atoms with Crippen LogP contribution in [0.4, 0.5) is 0 Å². The number of hydrogen-bond donors (Lipinski definition) is 0. The highest BCUT2D eigenvalue weighted by atomic mass is 15.4. The molecule has 0 N–H and O–H groups in total. The van der Waals surface area contributed by atoms with Crippen LogP contribution in [0.15, 0.2) is 24.3 Å². The molecule has 0 saturated carbocycles. The molecule has 1 heterocycles. The molecule has 4 heteroatoms. The van der Waals surface area contributed by atoms with E-state index in [0.717, 1.165) is 24.2 Å². The molecule has 0 aliphatic rings. The van der Waals surface area contributed by atoms with Crippen LogP contribution in [0, 0.1) is 11.3 Å². The number of nitrogens with zero attached hydrogens (tertiary/aromatic N) is 4. The lowest BCUT2D eigenvalue weighted by molar-refractivity contribution is 0.744. The highest BCUT2D eigenvalue weighted by Gasteiger charge is 2.13. The zero-order valence-electron chi connectivity index (χ0n) is 11.6. The molecule has 2 aromatic rings. The molecule has 0 spiro atoms. The molecule has 0 saturated heterocycles. The van der Waals surface area contributed by atoms with Crippen LogP contribution in [0.25, 0.3) is 5.69 Å². The Morgan fingerprint density at radius 3 is 2.47 bits per heavy atom. The molecule has 0 radical (unpaired) electrons. The molecule has 1 aromatic heterocycles. The van der Waals surface area contributed by atoms with Crippen LogP contribution in [0.3, 0.4) is 0 Å². The van der Waals surface area contributed by atoms with Gasteiger partial charge in [-0.1, -0.05) is 44.5 Å². The van der Waals surface area contributed by atoms with Gasteiger partial charge in [-0.15, -0.1) is 5.10 Å². The summed E-state index contributed by atoms with van der Waals surface area (Å²) in [6, 6.07) is 10.4. The smallest absolute Gasteiger partial charge is 0.186 e. The van der Waals surface area contributed by atoms with E-state index < -0.39 is 0 Å². The second-order valence-electron chi connectivity index (χ2n) is 4.90. The van der Waals surface area contributed by atoms with Crippen molar-refractivity contribution in [2.24, 2.45) is 0 Å². The Morgan fingerprint density at radius 1 is 1.26 bits per heavy atom. The van der Waals surface area contributed by atoms with Crippen molar-refractivity contribution in [3.8, 4) is 11.8 Å². The van der Waals surface area contributed by atoms with Gasteiger partial charge in [0.1, 0.15) is 6.07 Å². The average molecular weight is 254 g/mol. The van der Waals surface area contributed by atoms with Crippen molar-refractivity contribution in [1.29, 1.82) is 5.26 Å². The minimum Gasteiger partial charge on any atom is -0.216 e. The van der Waals surface area contributed by atoms with Gasteiger partial charge in [-0.05, 0) is 30.0 Å². The molecule has 0 aliphatic carbocycles. The SMILES string of the molecule is CCCc1c(C#N)nnn1-c1ccc(C(C)C)cc1. The van der Waals surface area contributed by atoms with Crippen molar-refractivity contribution in [3.05, 3.63) is 41.2 Å². The van der Waals surface area contributed by atoms with Gasteiger partial charge >= 0.3 is 0 Å². The summed E-state index contributed by atoms with van der Waals surface area (Å²) in [6.07, 6.45) is 1.77. The summed E-state index contributed by atoms with van der Waals surface area (Å²) in [6.45, 7) is 6.42. The van der Waals surface area contributed by atoms with E-state index in [1.54, 1.807) is 4.68 Å². The van der Waals surface area contributed by atoms with E-state index in [9.17, 15) is 0 Å². The molecule has 0 unspecified atom stereocenters. The summed E-state index contributed by atoms with van der Waals surface area (Å²) in [5.41, 5.74) is 3.57. The second kappa shape index (κ2) is 5.66. The first kappa shape index (κ1) is 13.3. The Balaban J connectivity index is 2.41. The van der Waals surface area contributed by atoms with Crippen molar-refractivity contribution < 1.29 is 0 Å². The Hall–Kier alpha value is -2.15. The monoisotopic (exact) mass is 254 g/mol. The highest BCUT2D eigenvalue weighted by molar-refractivity contribution is 5.38. The summed E-state index contributed by atoms with van der Waals surface area (Å²) < 4.78 is 1.77. The van der Waals surface area contributed by atoms with Crippen LogP contribution in [-0.2, 0) is 6.42 Å². The molecule has 0 fully saturated rings. The molecule has 0 amide bonds. The van der Waals surface area contributed by atoms with E-state index in [1.165, 1.54) is 5.56 Å². The number of hydrogen-bond acceptors (Lipinski definition) is 3. The predicted octanol–water partition coefficient (Wildman–Crippen LogP) is 3.21. The Labute approximate surface area is 113 Å². The van der Waals surface area contributed by atoms with E-state index >= 15 is 0 Å². The largest absolute Gasteiger partial charge is 0.216 e. The number of nitriles is 1. The summed E-state index contributed by atoms with van der Waals surface area (Å²) >= 11 is 0. The van der Waals surface area contributed by atoms with Gasteiger partial charge in [-0.25, -0.2) is 4.68 Å². The van der Waals surface area contributed by atoms with Gasteiger partial charge in [0.2, 0.25) is 0 Å². The zero-order valence-corrected chi connectivity index (χ0v) is 11.6. The normalized spacial score (nSPS) is 10.7. The molecular formula is C15H18N4. The van der Waals surface area contributed by atoms with Crippen molar-refractivity contribution in [2.75, 3.05) is 0 Å². The van der Waals surface area contributed by atoms with E-state index in [-0.39, 0.29) is 0 Å². The fourth-order valence-corrected chi connectivity index (χ4v) is 2.06. The topological polar surface area (TPSA) is 54.5 Å². The lowest BCUT2D eigenvalue weighted by Gasteiger charge is -2.08. The third-order valence-electron chi connectivity index (χ3n) is 3.16. The zero-order chi connectivity index (χ0) is 13.8.